The van der Waals surface area contributed by atoms with E-state index in [0.29, 0.717) is 23.2 Å². The average Bonchev–Trinajstić information content (AvgIpc) is 2.80. The number of anilines is 2. The predicted molar refractivity (Wildman–Crippen MR) is 130 cm³/mol. The molecule has 2 aromatic heterocycles. The van der Waals surface area contributed by atoms with Crippen molar-refractivity contribution in [3.63, 3.8) is 0 Å². The number of pyridine rings is 1. The van der Waals surface area contributed by atoms with Crippen molar-refractivity contribution in [2.24, 2.45) is 0 Å². The van der Waals surface area contributed by atoms with Crippen LogP contribution in [-0.4, -0.2) is 20.9 Å². The summed E-state index contributed by atoms with van der Waals surface area (Å²) in [6.45, 7) is 7.16. The van der Waals surface area contributed by atoms with E-state index in [9.17, 15) is 22.4 Å². The largest absolute Gasteiger partial charge is 0.416 e. The number of benzene rings is 1. The van der Waals surface area contributed by atoms with E-state index in [1.165, 1.54) is 24.3 Å². The minimum atomic E-state index is -4.70. The molecule has 0 unspecified atom stereocenters. The zero-order chi connectivity index (χ0) is 26.6. The highest BCUT2D eigenvalue weighted by atomic mass is 19.4. The Morgan fingerprint density at radius 1 is 1.08 bits per heavy atom. The van der Waals surface area contributed by atoms with Crippen molar-refractivity contribution in [3.05, 3.63) is 95.5 Å². The van der Waals surface area contributed by atoms with Crippen molar-refractivity contribution in [2.45, 2.75) is 20.0 Å². The minimum absolute atomic E-state index is 0.0262. The van der Waals surface area contributed by atoms with Crippen LogP contribution in [-0.2, 0) is 6.18 Å². The summed E-state index contributed by atoms with van der Waals surface area (Å²) in [4.78, 5) is 25.6. The molecule has 0 aliphatic heterocycles. The molecule has 7 nitrogen and oxygen atoms in total. The van der Waals surface area contributed by atoms with Gasteiger partial charge in [0.15, 0.2) is 5.69 Å². The summed E-state index contributed by atoms with van der Waals surface area (Å²) in [6.07, 6.45) is 0.0862. The van der Waals surface area contributed by atoms with Crippen molar-refractivity contribution < 1.29 is 22.4 Å². The van der Waals surface area contributed by atoms with Gasteiger partial charge in [0.1, 0.15) is 17.5 Å². The van der Waals surface area contributed by atoms with Crippen LogP contribution in [0.3, 0.4) is 0 Å². The van der Waals surface area contributed by atoms with Gasteiger partial charge in [0.05, 0.1) is 22.6 Å². The molecule has 0 fully saturated rings. The Bertz CT molecular complexity index is 1380. The third-order valence-corrected chi connectivity index (χ3v) is 4.92. The van der Waals surface area contributed by atoms with Crippen LogP contribution in [0.1, 0.15) is 34.5 Å². The second-order valence-corrected chi connectivity index (χ2v) is 7.54. The van der Waals surface area contributed by atoms with E-state index >= 15 is 0 Å². The summed E-state index contributed by atoms with van der Waals surface area (Å²) in [5.74, 6) is -1.25. The van der Waals surface area contributed by atoms with Crippen molar-refractivity contribution in [1.29, 1.82) is 0 Å². The van der Waals surface area contributed by atoms with Gasteiger partial charge in [-0.25, -0.2) is 19.3 Å². The summed E-state index contributed by atoms with van der Waals surface area (Å²) in [5, 5.41) is 2.65. The number of halogens is 4. The maximum atomic E-state index is 14.5. The van der Waals surface area contributed by atoms with Gasteiger partial charge in [0.2, 0.25) is 0 Å². The number of rotatable bonds is 6. The van der Waals surface area contributed by atoms with E-state index in [4.69, 9.17) is 11.5 Å². The standard InChI is InChI=1S/C25H22F4N6O/c1-4-6-16(21-12-22(31)33-13(3)32-21)19(5-2)35-24(36)23-18(30)9-10-20(34-23)15-8-7-14(11-17(15)26)25(27,28)29/h4-12H,2,30H2,1,3H3,(H,35,36)(H2,31,32,33)/b6-4-,19-16-. The third kappa shape index (κ3) is 5.74. The highest BCUT2D eigenvalue weighted by Gasteiger charge is 2.31. The van der Waals surface area contributed by atoms with Crippen LogP contribution in [0.5, 0.6) is 0 Å². The van der Waals surface area contributed by atoms with Crippen LogP contribution in [0.4, 0.5) is 29.1 Å². The number of allylic oxidation sites excluding steroid dienone is 4. The summed E-state index contributed by atoms with van der Waals surface area (Å²) in [5.41, 5.74) is 11.2. The Hall–Kier alpha value is -4.54. The molecule has 0 aliphatic rings. The van der Waals surface area contributed by atoms with Gasteiger partial charge in [-0.1, -0.05) is 18.7 Å². The molecule has 0 radical (unpaired) electrons. The summed E-state index contributed by atoms with van der Waals surface area (Å²) in [6, 6.07) is 6.18. The van der Waals surface area contributed by atoms with Crippen LogP contribution in [0.25, 0.3) is 16.8 Å². The van der Waals surface area contributed by atoms with Gasteiger partial charge in [0.25, 0.3) is 5.91 Å². The van der Waals surface area contributed by atoms with E-state index in [0.717, 1.165) is 12.1 Å². The van der Waals surface area contributed by atoms with E-state index < -0.39 is 23.5 Å². The molecule has 0 saturated heterocycles. The number of nitrogens with zero attached hydrogens (tertiary/aromatic N) is 3. The molecule has 5 N–H and O–H groups in total. The SMILES string of the molecule is C=C/C(NC(=O)c1nc(-c2ccc(C(F)(F)F)cc2F)ccc1N)=C(\C=C/C)c1cc(N)nc(C)n1. The normalized spacial score (nSPS) is 12.4. The molecule has 11 heteroatoms. The van der Waals surface area contributed by atoms with Crippen LogP contribution >= 0.6 is 0 Å². The van der Waals surface area contributed by atoms with E-state index in [-0.39, 0.29) is 34.2 Å². The molecule has 3 rings (SSSR count). The summed E-state index contributed by atoms with van der Waals surface area (Å²) < 4.78 is 53.1. The second kappa shape index (κ2) is 10.4. The molecule has 3 aromatic rings. The van der Waals surface area contributed by atoms with Gasteiger partial charge in [-0.15, -0.1) is 0 Å². The number of alkyl halides is 3. The maximum absolute atomic E-state index is 14.5. The van der Waals surface area contributed by atoms with Gasteiger partial charge in [-0.2, -0.15) is 13.2 Å². The smallest absolute Gasteiger partial charge is 0.397 e. The quantitative estimate of drug-likeness (QED) is 0.322. The number of hydrogen-bond acceptors (Lipinski definition) is 6. The zero-order valence-corrected chi connectivity index (χ0v) is 19.3. The molecule has 0 saturated carbocycles. The lowest BCUT2D eigenvalue weighted by Gasteiger charge is -2.14. The fourth-order valence-corrected chi connectivity index (χ4v) is 3.32. The lowest BCUT2D eigenvalue weighted by molar-refractivity contribution is -0.137. The average molecular weight is 498 g/mol. The number of hydrogen-bond donors (Lipinski definition) is 3. The molecule has 186 valence electrons. The maximum Gasteiger partial charge on any atom is 0.416 e. The van der Waals surface area contributed by atoms with Gasteiger partial charge in [-0.3, -0.25) is 4.79 Å². The Morgan fingerprint density at radius 2 is 1.81 bits per heavy atom. The van der Waals surface area contributed by atoms with Crippen molar-refractivity contribution in [2.75, 3.05) is 11.5 Å². The number of nitrogens with two attached hydrogens (primary N) is 2. The van der Waals surface area contributed by atoms with Crippen molar-refractivity contribution in [3.8, 4) is 11.3 Å². The molecule has 0 atom stereocenters. The molecule has 0 bridgehead atoms. The van der Waals surface area contributed by atoms with E-state index in [1.807, 2.05) is 0 Å². The van der Waals surface area contributed by atoms with Crippen LogP contribution in [0.2, 0.25) is 0 Å². The molecular formula is C25H22F4N6O. The molecule has 1 amide bonds. The van der Waals surface area contributed by atoms with Gasteiger partial charge in [0, 0.05) is 22.9 Å². The zero-order valence-electron chi connectivity index (χ0n) is 19.3. The molecule has 0 spiro atoms. The molecular weight excluding hydrogens is 476 g/mol. The number of aromatic nitrogens is 3. The third-order valence-electron chi connectivity index (χ3n) is 4.92. The topological polar surface area (TPSA) is 120 Å². The summed E-state index contributed by atoms with van der Waals surface area (Å²) >= 11 is 0. The summed E-state index contributed by atoms with van der Waals surface area (Å²) in [7, 11) is 0. The number of aryl methyl sites for hydroxylation is 1. The first-order valence-corrected chi connectivity index (χ1v) is 10.5. The van der Waals surface area contributed by atoms with Gasteiger partial charge >= 0.3 is 6.18 Å². The second-order valence-electron chi connectivity index (χ2n) is 7.54. The number of nitrogens with one attached hydrogen (secondary N) is 1. The number of nitrogen functional groups attached to an aromatic ring is 2. The van der Waals surface area contributed by atoms with Crippen LogP contribution in [0, 0.1) is 12.7 Å². The monoisotopic (exact) mass is 498 g/mol. The fourth-order valence-electron chi connectivity index (χ4n) is 3.32. The lowest BCUT2D eigenvalue weighted by Crippen LogP contribution is -2.25. The first-order valence-electron chi connectivity index (χ1n) is 10.5. The highest BCUT2D eigenvalue weighted by Crippen LogP contribution is 2.32. The van der Waals surface area contributed by atoms with Crippen LogP contribution in [0.15, 0.2) is 66.9 Å². The number of carbonyl (C=O) groups is 1. The highest BCUT2D eigenvalue weighted by molar-refractivity contribution is 6.00. The van der Waals surface area contributed by atoms with E-state index in [2.05, 4.69) is 26.8 Å². The molecule has 2 heterocycles. The van der Waals surface area contributed by atoms with Gasteiger partial charge < -0.3 is 16.8 Å². The predicted octanol–water partition coefficient (Wildman–Crippen LogP) is 5.07. The van der Waals surface area contributed by atoms with Crippen molar-refractivity contribution in [1.82, 2.24) is 20.3 Å². The first-order chi connectivity index (χ1) is 16.9. The molecule has 1 aromatic carbocycles. The number of carbonyl (C=O) groups excluding carboxylic acids is 1. The minimum Gasteiger partial charge on any atom is -0.397 e. The fraction of sp³-hybridized carbons (Fsp3) is 0.120. The molecule has 36 heavy (non-hydrogen) atoms. The Balaban J connectivity index is 2.03. The lowest BCUT2D eigenvalue weighted by atomic mass is 10.1. The van der Waals surface area contributed by atoms with Gasteiger partial charge in [-0.05, 0) is 50.3 Å². The Kier molecular flexibility index (Phi) is 7.52. The Labute approximate surface area is 204 Å². The molecule has 0 aliphatic carbocycles. The Morgan fingerprint density at radius 3 is 2.39 bits per heavy atom. The first kappa shape index (κ1) is 26.1. The van der Waals surface area contributed by atoms with E-state index in [1.54, 1.807) is 26.0 Å². The van der Waals surface area contributed by atoms with Crippen molar-refractivity contribution >= 4 is 23.0 Å². The van der Waals surface area contributed by atoms with Crippen LogP contribution < -0.4 is 16.8 Å². The number of amides is 1.